The Bertz CT molecular complexity index is 2380. The molecule has 0 N–H and O–H groups in total. The molecular formula is C46H53Ir4N13-4. The van der Waals surface area contributed by atoms with Crippen LogP contribution in [0.15, 0.2) is 141 Å². The Morgan fingerprint density at radius 1 is 0.381 bits per heavy atom. The van der Waals surface area contributed by atoms with Crippen molar-refractivity contribution < 1.29 is 80.4 Å². The molecule has 8 rings (SSSR count). The van der Waals surface area contributed by atoms with Crippen LogP contribution in [-0.4, -0.2) is 110 Å². The van der Waals surface area contributed by atoms with Crippen LogP contribution in [0.4, 0.5) is 28.4 Å². The Kier molecular flexibility index (Phi) is 25.2. The zero-order valence-electron chi connectivity index (χ0n) is 36.9. The average molecular weight is 1560 g/mol. The molecule has 0 fully saturated rings. The molecule has 0 atom stereocenters. The van der Waals surface area contributed by atoms with E-state index in [4.69, 9.17) is 0 Å². The van der Waals surface area contributed by atoms with Gasteiger partial charge in [0.2, 0.25) is 0 Å². The van der Waals surface area contributed by atoms with Crippen LogP contribution < -0.4 is 24.5 Å². The largest absolute Gasteiger partial charge is 0.429 e. The van der Waals surface area contributed by atoms with Gasteiger partial charge in [0.1, 0.15) is 0 Å². The van der Waals surface area contributed by atoms with Crippen LogP contribution in [0.2, 0.25) is 0 Å². The first-order chi connectivity index (χ1) is 28.4. The van der Waals surface area contributed by atoms with Crippen LogP contribution in [-0.2, 0) is 80.4 Å². The summed E-state index contributed by atoms with van der Waals surface area (Å²) in [6.07, 6.45) is 14.7. The topological polar surface area (TPSA) is 87.5 Å². The molecule has 13 nitrogen and oxygen atoms in total. The van der Waals surface area contributed by atoms with Gasteiger partial charge in [-0.25, -0.2) is 0 Å². The first-order valence-corrected chi connectivity index (χ1v) is 18.9. The second-order valence-corrected chi connectivity index (χ2v) is 14.1. The van der Waals surface area contributed by atoms with Crippen molar-refractivity contribution in [2.24, 2.45) is 0 Å². The number of hydrogen-bond donors (Lipinski definition) is 0. The minimum atomic E-state index is 0. The van der Waals surface area contributed by atoms with Gasteiger partial charge in [-0.2, -0.15) is 75.0 Å². The maximum Gasteiger partial charge on any atom is 0.0493 e. The van der Waals surface area contributed by atoms with Gasteiger partial charge in [-0.15, -0.1) is 36.4 Å². The molecule has 0 saturated carbocycles. The first kappa shape index (κ1) is 56.3. The molecule has 0 spiro atoms. The summed E-state index contributed by atoms with van der Waals surface area (Å²) in [7, 11) is 20.2. The number of aromatic nitrogens is 8. The molecule has 4 aromatic heterocycles. The number of nitrogens with zero attached hydrogens (tertiary/aromatic N) is 13. The molecule has 4 aromatic carbocycles. The Labute approximate surface area is 427 Å². The molecular weight excluding hydrogens is 1500 g/mol. The fraction of sp³-hybridized carbons (Fsp3) is 0.217. The van der Waals surface area contributed by atoms with E-state index in [1.165, 1.54) is 0 Å². The monoisotopic (exact) mass is 1560 g/mol. The Hall–Kier alpha value is -4.68. The number of rotatable bonds is 9. The van der Waals surface area contributed by atoms with Crippen molar-refractivity contribution in [1.82, 2.24) is 39.1 Å². The van der Waals surface area contributed by atoms with E-state index in [-0.39, 0.29) is 80.4 Å². The van der Waals surface area contributed by atoms with E-state index in [2.05, 4.69) is 65.4 Å². The predicted octanol–water partition coefficient (Wildman–Crippen LogP) is 7.01. The summed E-state index contributed by atoms with van der Waals surface area (Å²) in [6.45, 7) is 0. The summed E-state index contributed by atoms with van der Waals surface area (Å²) in [4.78, 5) is 10.3. The standard InChI is InChI=1S/C13H17N4.3C11H12N3.4Ir/c1-15(2)11-6-7-12(13(10-11)16(3)4)17-9-5-8-14-17;1-13(2)10-4-6-11(7-5-10)14-9-3-8-12-14;1-13(2)10-5-3-6-11(9-10)14-8-4-7-12-14;1-13(2)10-6-3-4-7-11(10)14-9-5-8-12-14;;;;/h5-6,8-10H,1-4H3;3-6,8-9H,1-2H3;3-5,7-9H,1-2H3;3-6,8-9H,1-2H3;;;;/q4*-1;;;;. The summed E-state index contributed by atoms with van der Waals surface area (Å²) in [5, 5.41) is 16.7. The summed E-state index contributed by atoms with van der Waals surface area (Å²) in [5.74, 6) is 0. The van der Waals surface area contributed by atoms with E-state index in [9.17, 15) is 0 Å². The van der Waals surface area contributed by atoms with Crippen molar-refractivity contribution in [3.8, 4) is 22.7 Å². The second kappa shape index (κ2) is 28.2. The third-order valence-electron chi connectivity index (χ3n) is 8.73. The van der Waals surface area contributed by atoms with Crippen LogP contribution in [0.5, 0.6) is 0 Å². The average Bonchev–Trinajstić information content (AvgIpc) is 4.10. The normalized spacial score (nSPS) is 9.56. The zero-order valence-corrected chi connectivity index (χ0v) is 46.5. The molecule has 63 heavy (non-hydrogen) atoms. The van der Waals surface area contributed by atoms with Gasteiger partial charge in [-0.3, -0.25) is 18.7 Å². The molecule has 342 valence electrons. The van der Waals surface area contributed by atoms with Crippen molar-refractivity contribution in [1.29, 1.82) is 0 Å². The minimum absolute atomic E-state index is 0. The second-order valence-electron chi connectivity index (χ2n) is 14.1. The first-order valence-electron chi connectivity index (χ1n) is 18.9. The minimum Gasteiger partial charge on any atom is -0.429 e. The molecule has 0 aliphatic carbocycles. The van der Waals surface area contributed by atoms with E-state index < -0.39 is 0 Å². The van der Waals surface area contributed by atoms with Gasteiger partial charge in [0, 0.05) is 144 Å². The molecule has 17 heteroatoms. The van der Waals surface area contributed by atoms with Crippen molar-refractivity contribution in [2.75, 3.05) is 95.0 Å². The smallest absolute Gasteiger partial charge is 0.0493 e. The van der Waals surface area contributed by atoms with Crippen LogP contribution >= 0.6 is 0 Å². The summed E-state index contributed by atoms with van der Waals surface area (Å²) in [6, 6.07) is 42.4. The van der Waals surface area contributed by atoms with Crippen LogP contribution in [0.1, 0.15) is 0 Å². The van der Waals surface area contributed by atoms with Gasteiger partial charge in [0.15, 0.2) is 0 Å². The van der Waals surface area contributed by atoms with Gasteiger partial charge in [0.05, 0.1) is 0 Å². The van der Waals surface area contributed by atoms with Crippen molar-refractivity contribution in [3.05, 3.63) is 165 Å². The third kappa shape index (κ3) is 16.4. The Morgan fingerprint density at radius 3 is 1.30 bits per heavy atom. The molecule has 0 amide bonds. The molecule has 0 aliphatic rings. The molecule has 0 bridgehead atoms. The van der Waals surface area contributed by atoms with Gasteiger partial charge in [-0.05, 0) is 115 Å². The SMILES string of the molecule is CN(C)c1c[c-]c(-n2cccn2)c(N(C)C)c1.CN(C)c1c[c-]c(-n2cccn2)cc1.CN(C)c1cc[c-]c(-n2cccn2)c1.CN(C)c1ccc[c-]c1-n1cccn1.[Ir].[Ir].[Ir].[Ir]. The Morgan fingerprint density at radius 2 is 0.857 bits per heavy atom. The number of para-hydroxylation sites is 1. The third-order valence-corrected chi connectivity index (χ3v) is 8.73. The van der Waals surface area contributed by atoms with Gasteiger partial charge >= 0.3 is 0 Å². The molecule has 0 saturated heterocycles. The maximum atomic E-state index is 4.25. The number of benzene rings is 4. The van der Waals surface area contributed by atoms with Crippen molar-refractivity contribution in [3.63, 3.8) is 0 Å². The Balaban J connectivity index is 0.000000413. The zero-order chi connectivity index (χ0) is 42.3. The molecule has 4 radical (unpaired) electrons. The van der Waals surface area contributed by atoms with Crippen molar-refractivity contribution in [2.45, 2.75) is 0 Å². The van der Waals surface area contributed by atoms with Gasteiger partial charge in [-0.1, -0.05) is 17.1 Å². The van der Waals surface area contributed by atoms with Crippen LogP contribution in [0.25, 0.3) is 22.7 Å². The van der Waals surface area contributed by atoms with Gasteiger partial charge in [0.25, 0.3) is 0 Å². The molecule has 0 unspecified atom stereocenters. The van der Waals surface area contributed by atoms with E-state index in [1.807, 2.05) is 199 Å². The quantitative estimate of drug-likeness (QED) is 0.142. The van der Waals surface area contributed by atoms with E-state index in [0.717, 1.165) is 51.2 Å². The summed E-state index contributed by atoms with van der Waals surface area (Å²) in [5.41, 5.74) is 9.48. The van der Waals surface area contributed by atoms with E-state index >= 15 is 0 Å². The van der Waals surface area contributed by atoms with Crippen LogP contribution in [0.3, 0.4) is 0 Å². The van der Waals surface area contributed by atoms with Gasteiger partial charge < -0.3 is 24.5 Å². The summed E-state index contributed by atoms with van der Waals surface area (Å²) >= 11 is 0. The van der Waals surface area contributed by atoms with E-state index in [1.54, 1.807) is 34.2 Å². The molecule has 0 aliphatic heterocycles. The summed E-state index contributed by atoms with van der Waals surface area (Å²) < 4.78 is 7.23. The van der Waals surface area contributed by atoms with Crippen molar-refractivity contribution >= 4 is 28.4 Å². The van der Waals surface area contributed by atoms with Crippen LogP contribution in [0, 0.1) is 24.3 Å². The fourth-order valence-corrected chi connectivity index (χ4v) is 5.52. The van der Waals surface area contributed by atoms with E-state index in [0.29, 0.717) is 0 Å². The molecule has 8 aromatic rings. The maximum absolute atomic E-state index is 4.25. The molecule has 4 heterocycles. The fourth-order valence-electron chi connectivity index (χ4n) is 5.52. The number of anilines is 5. The predicted molar refractivity (Wildman–Crippen MR) is 241 cm³/mol. The number of hydrogen-bond acceptors (Lipinski definition) is 9.